The van der Waals surface area contributed by atoms with Crippen molar-refractivity contribution in [2.24, 2.45) is 4.99 Å². The minimum Gasteiger partial charge on any atom is -0.289 e. The second-order valence-corrected chi connectivity index (χ2v) is 3.72. The molecule has 2 rings (SSSR count). The number of nitrogens with zero attached hydrogens (tertiary/aromatic N) is 2. The number of thioether (sulfide) groups is 1. The SMILES string of the molecule is CC1SC2=NCCN2C1=O. The highest BCUT2D eigenvalue weighted by Crippen LogP contribution is 2.28. The van der Waals surface area contributed by atoms with Crippen LogP contribution in [0, 0.1) is 0 Å². The predicted octanol–water partition coefficient (Wildman–Crippen LogP) is 0.320. The van der Waals surface area contributed by atoms with Gasteiger partial charge in [-0.05, 0) is 6.92 Å². The van der Waals surface area contributed by atoms with Crippen molar-refractivity contribution >= 4 is 22.8 Å². The highest BCUT2D eigenvalue weighted by molar-refractivity contribution is 8.15. The number of carbonyl (C=O) groups is 1. The van der Waals surface area contributed by atoms with Crippen molar-refractivity contribution in [1.82, 2.24) is 4.90 Å². The highest BCUT2D eigenvalue weighted by Gasteiger charge is 2.36. The Balaban J connectivity index is 2.29. The molecule has 3 nitrogen and oxygen atoms in total. The summed E-state index contributed by atoms with van der Waals surface area (Å²) in [5.74, 6) is 0.223. The van der Waals surface area contributed by atoms with Crippen LogP contribution in [0.15, 0.2) is 4.99 Å². The summed E-state index contributed by atoms with van der Waals surface area (Å²) < 4.78 is 0. The summed E-state index contributed by atoms with van der Waals surface area (Å²) >= 11 is 1.57. The van der Waals surface area contributed by atoms with Gasteiger partial charge in [0.2, 0.25) is 5.91 Å². The van der Waals surface area contributed by atoms with Crippen molar-refractivity contribution in [2.45, 2.75) is 12.2 Å². The van der Waals surface area contributed by atoms with E-state index in [1.807, 2.05) is 6.92 Å². The molecule has 0 aromatic heterocycles. The third-order valence-electron chi connectivity index (χ3n) is 1.70. The highest BCUT2D eigenvalue weighted by atomic mass is 32.2. The molecule has 2 heterocycles. The van der Waals surface area contributed by atoms with Crippen LogP contribution in [-0.2, 0) is 4.79 Å². The number of carbonyl (C=O) groups excluding carboxylic acids is 1. The quantitative estimate of drug-likeness (QED) is 0.506. The van der Waals surface area contributed by atoms with E-state index >= 15 is 0 Å². The second-order valence-electron chi connectivity index (χ2n) is 2.41. The Morgan fingerprint density at radius 1 is 1.80 bits per heavy atom. The lowest BCUT2D eigenvalue weighted by atomic mass is 10.4. The Labute approximate surface area is 63.5 Å². The molecule has 4 heteroatoms. The minimum absolute atomic E-state index is 0.0963. The molecular formula is C6H8N2OS. The molecular weight excluding hydrogens is 148 g/mol. The van der Waals surface area contributed by atoms with E-state index in [1.165, 1.54) is 0 Å². The summed E-state index contributed by atoms with van der Waals surface area (Å²) in [7, 11) is 0. The van der Waals surface area contributed by atoms with Gasteiger partial charge in [0.25, 0.3) is 0 Å². The zero-order valence-electron chi connectivity index (χ0n) is 5.70. The van der Waals surface area contributed by atoms with Crippen LogP contribution in [0.3, 0.4) is 0 Å². The Morgan fingerprint density at radius 2 is 2.60 bits per heavy atom. The first kappa shape index (κ1) is 6.22. The lowest BCUT2D eigenvalue weighted by molar-refractivity contribution is -0.125. The van der Waals surface area contributed by atoms with Gasteiger partial charge in [0.15, 0.2) is 5.17 Å². The van der Waals surface area contributed by atoms with Crippen LogP contribution < -0.4 is 0 Å². The Bertz CT molecular complexity index is 214. The van der Waals surface area contributed by atoms with E-state index in [1.54, 1.807) is 16.7 Å². The van der Waals surface area contributed by atoms with Gasteiger partial charge in [-0.25, -0.2) is 0 Å². The van der Waals surface area contributed by atoms with Gasteiger partial charge in [-0.3, -0.25) is 14.7 Å². The third-order valence-corrected chi connectivity index (χ3v) is 2.81. The van der Waals surface area contributed by atoms with Crippen LogP contribution in [-0.4, -0.2) is 34.3 Å². The van der Waals surface area contributed by atoms with E-state index in [0.29, 0.717) is 0 Å². The fraction of sp³-hybridized carbons (Fsp3) is 0.667. The van der Waals surface area contributed by atoms with Crippen molar-refractivity contribution < 1.29 is 4.79 Å². The van der Waals surface area contributed by atoms with Gasteiger partial charge in [-0.15, -0.1) is 0 Å². The molecule has 0 aromatic carbocycles. The molecule has 54 valence electrons. The standard InChI is InChI=1S/C6H8N2OS/c1-4-5(9)8-3-2-7-6(8)10-4/h4H,2-3H2,1H3. The topological polar surface area (TPSA) is 32.7 Å². The zero-order valence-corrected chi connectivity index (χ0v) is 6.52. The molecule has 0 N–H and O–H groups in total. The summed E-state index contributed by atoms with van der Waals surface area (Å²) in [6.07, 6.45) is 0. The van der Waals surface area contributed by atoms with Gasteiger partial charge >= 0.3 is 0 Å². The molecule has 1 unspecified atom stereocenters. The molecule has 1 atom stereocenters. The molecule has 2 aliphatic heterocycles. The molecule has 10 heavy (non-hydrogen) atoms. The summed E-state index contributed by atoms with van der Waals surface area (Å²) in [5, 5.41) is 1.02. The Morgan fingerprint density at radius 3 is 3.30 bits per heavy atom. The molecule has 0 aliphatic carbocycles. The van der Waals surface area contributed by atoms with Crippen LogP contribution in [0.25, 0.3) is 0 Å². The molecule has 0 spiro atoms. The van der Waals surface area contributed by atoms with Gasteiger partial charge in [0.1, 0.15) is 0 Å². The fourth-order valence-corrected chi connectivity index (χ4v) is 2.18. The van der Waals surface area contributed by atoms with E-state index in [2.05, 4.69) is 4.99 Å². The second kappa shape index (κ2) is 1.99. The molecule has 2 aliphatic rings. The lowest BCUT2D eigenvalue weighted by Crippen LogP contribution is -2.29. The summed E-state index contributed by atoms with van der Waals surface area (Å²) in [6.45, 7) is 3.51. The van der Waals surface area contributed by atoms with Gasteiger partial charge in [-0.2, -0.15) is 0 Å². The Kier molecular flexibility index (Phi) is 1.23. The maximum Gasteiger partial charge on any atom is 0.241 e. The predicted molar refractivity (Wildman–Crippen MR) is 41.1 cm³/mol. The molecule has 1 fully saturated rings. The monoisotopic (exact) mass is 156 g/mol. The number of fused-ring (bicyclic) bond motifs is 1. The van der Waals surface area contributed by atoms with Crippen molar-refractivity contribution in [3.8, 4) is 0 Å². The van der Waals surface area contributed by atoms with Gasteiger partial charge in [0, 0.05) is 6.54 Å². The number of hydrogen-bond acceptors (Lipinski definition) is 3. The lowest BCUT2D eigenvalue weighted by Gasteiger charge is -2.06. The van der Waals surface area contributed by atoms with Crippen molar-refractivity contribution in [3.63, 3.8) is 0 Å². The minimum atomic E-state index is 0.0963. The van der Waals surface area contributed by atoms with Crippen LogP contribution >= 0.6 is 11.8 Å². The van der Waals surface area contributed by atoms with Crippen LogP contribution in [0.1, 0.15) is 6.92 Å². The third kappa shape index (κ3) is 0.683. The normalized spacial score (nSPS) is 30.9. The van der Waals surface area contributed by atoms with E-state index in [9.17, 15) is 4.79 Å². The van der Waals surface area contributed by atoms with Crippen LogP contribution in [0.5, 0.6) is 0 Å². The number of aliphatic imine (C=N–C) groups is 1. The van der Waals surface area contributed by atoms with Crippen molar-refractivity contribution in [2.75, 3.05) is 13.1 Å². The molecule has 0 radical (unpaired) electrons. The van der Waals surface area contributed by atoms with Crippen molar-refractivity contribution in [3.05, 3.63) is 0 Å². The molecule has 1 amide bonds. The summed E-state index contributed by atoms with van der Waals surface area (Å²) in [5.41, 5.74) is 0. The fourth-order valence-electron chi connectivity index (χ4n) is 1.16. The first-order valence-electron chi connectivity index (χ1n) is 3.31. The van der Waals surface area contributed by atoms with E-state index < -0.39 is 0 Å². The van der Waals surface area contributed by atoms with Crippen LogP contribution in [0.2, 0.25) is 0 Å². The number of hydrogen-bond donors (Lipinski definition) is 0. The van der Waals surface area contributed by atoms with Gasteiger partial charge in [-0.1, -0.05) is 11.8 Å². The van der Waals surface area contributed by atoms with Crippen molar-refractivity contribution in [1.29, 1.82) is 0 Å². The first-order valence-corrected chi connectivity index (χ1v) is 4.19. The van der Waals surface area contributed by atoms with E-state index in [0.717, 1.165) is 18.3 Å². The summed E-state index contributed by atoms with van der Waals surface area (Å²) in [4.78, 5) is 17.2. The largest absolute Gasteiger partial charge is 0.289 e. The number of rotatable bonds is 0. The zero-order chi connectivity index (χ0) is 7.14. The van der Waals surface area contributed by atoms with Gasteiger partial charge < -0.3 is 0 Å². The molecule has 0 aromatic rings. The first-order chi connectivity index (χ1) is 4.79. The number of amidine groups is 1. The maximum absolute atomic E-state index is 11.2. The van der Waals surface area contributed by atoms with Gasteiger partial charge in [0.05, 0.1) is 11.8 Å². The molecule has 0 saturated carbocycles. The van der Waals surface area contributed by atoms with E-state index in [4.69, 9.17) is 0 Å². The summed E-state index contributed by atoms with van der Waals surface area (Å²) in [6, 6.07) is 0. The average molecular weight is 156 g/mol. The molecule has 0 bridgehead atoms. The average Bonchev–Trinajstić information content (AvgIpc) is 2.41. The smallest absolute Gasteiger partial charge is 0.241 e. The van der Waals surface area contributed by atoms with Crippen LogP contribution in [0.4, 0.5) is 0 Å². The Hall–Kier alpha value is -0.510. The number of amides is 1. The van der Waals surface area contributed by atoms with E-state index in [-0.39, 0.29) is 11.2 Å². The molecule has 1 saturated heterocycles. The maximum atomic E-state index is 11.2.